The number of pyridine rings is 1. The number of likely N-dealkylation sites (N-methyl/N-ethyl adjacent to an activating group) is 1. The molecule has 0 saturated carbocycles. The molecule has 0 spiro atoms. The van der Waals surface area contributed by atoms with E-state index < -0.39 is 57.8 Å². The Labute approximate surface area is 218 Å². The number of hydrogen-bond donors (Lipinski definition) is 0. The molecule has 0 radical (unpaired) electrons. The number of ether oxygens (including phenoxy) is 2. The highest BCUT2D eigenvalue weighted by atomic mass is 35.5. The highest BCUT2D eigenvalue weighted by molar-refractivity contribution is 6.31. The van der Waals surface area contributed by atoms with E-state index in [9.17, 15) is 31.5 Å². The Morgan fingerprint density at radius 1 is 1.05 bits per heavy atom. The van der Waals surface area contributed by atoms with Gasteiger partial charge in [-0.25, -0.2) is 13.8 Å². The number of nitrogens with zero attached hydrogens (tertiary/aromatic N) is 3. The third-order valence-corrected chi connectivity index (χ3v) is 6.27. The summed E-state index contributed by atoms with van der Waals surface area (Å²) in [7, 11) is 3.74. The number of alkyl halides is 3. The Hall–Kier alpha value is -3.93. The standard InChI is InChI=1S/C25H19ClF5N3O4/c1-11-5-12(25(29,30)31)6-20(32-11)34-22(21-14(23(34)35)7-13(37-3)8-19(21)38-4)24(36)33(2)18-9-15(26)16(27)10-17(18)28/h5-10,22H,1-4H3/t22-/m0/s1. The number of anilines is 2. The molecule has 0 saturated heterocycles. The van der Waals surface area contributed by atoms with Crippen LogP contribution in [0.25, 0.3) is 0 Å². The summed E-state index contributed by atoms with van der Waals surface area (Å²) in [5, 5.41) is -0.474. The lowest BCUT2D eigenvalue weighted by molar-refractivity contribution is -0.137. The van der Waals surface area contributed by atoms with Crippen LogP contribution in [0.1, 0.15) is 33.2 Å². The fraction of sp³-hybridized carbons (Fsp3) is 0.240. The lowest BCUT2D eigenvalue weighted by Gasteiger charge is -2.29. The molecule has 200 valence electrons. The van der Waals surface area contributed by atoms with E-state index in [-0.39, 0.29) is 28.3 Å². The van der Waals surface area contributed by atoms with Crippen LogP contribution >= 0.6 is 11.6 Å². The first kappa shape index (κ1) is 27.1. The summed E-state index contributed by atoms with van der Waals surface area (Å²) < 4.78 is 79.8. The molecule has 13 heteroatoms. The van der Waals surface area contributed by atoms with Crippen molar-refractivity contribution in [2.24, 2.45) is 0 Å². The molecule has 0 aliphatic carbocycles. The quantitative estimate of drug-likeness (QED) is 0.297. The van der Waals surface area contributed by atoms with Crippen LogP contribution in [-0.2, 0) is 11.0 Å². The zero-order valence-corrected chi connectivity index (χ0v) is 21.0. The molecule has 4 rings (SSSR count). The van der Waals surface area contributed by atoms with Crippen LogP contribution in [0.2, 0.25) is 5.02 Å². The number of carbonyl (C=O) groups is 2. The van der Waals surface area contributed by atoms with Gasteiger partial charge in [-0.2, -0.15) is 13.2 Å². The molecule has 2 heterocycles. The topological polar surface area (TPSA) is 72.0 Å². The minimum absolute atomic E-state index is 0.000585. The summed E-state index contributed by atoms with van der Waals surface area (Å²) in [6.45, 7) is 1.30. The maximum absolute atomic E-state index is 14.7. The van der Waals surface area contributed by atoms with Gasteiger partial charge in [0.05, 0.1) is 36.1 Å². The van der Waals surface area contributed by atoms with Gasteiger partial charge < -0.3 is 14.4 Å². The first-order valence-electron chi connectivity index (χ1n) is 10.9. The zero-order valence-electron chi connectivity index (χ0n) is 20.3. The van der Waals surface area contributed by atoms with Crippen molar-refractivity contribution in [3.63, 3.8) is 0 Å². The lowest BCUT2D eigenvalue weighted by atomic mass is 10.0. The molecule has 1 atom stereocenters. The van der Waals surface area contributed by atoms with Crippen LogP contribution in [0.5, 0.6) is 11.5 Å². The molecule has 1 aliphatic rings. The number of fused-ring (bicyclic) bond motifs is 1. The van der Waals surface area contributed by atoms with Gasteiger partial charge in [0.25, 0.3) is 11.8 Å². The number of amides is 2. The number of benzene rings is 2. The molecule has 0 fully saturated rings. The van der Waals surface area contributed by atoms with Gasteiger partial charge in [-0.15, -0.1) is 0 Å². The van der Waals surface area contributed by atoms with Gasteiger partial charge in [-0.05, 0) is 31.2 Å². The van der Waals surface area contributed by atoms with E-state index in [4.69, 9.17) is 21.1 Å². The number of rotatable bonds is 5. The van der Waals surface area contributed by atoms with Crippen LogP contribution in [0.15, 0.2) is 36.4 Å². The van der Waals surface area contributed by atoms with Gasteiger partial charge in [0, 0.05) is 30.4 Å². The largest absolute Gasteiger partial charge is 0.497 e. The Morgan fingerprint density at radius 3 is 2.34 bits per heavy atom. The number of aryl methyl sites for hydroxylation is 1. The van der Waals surface area contributed by atoms with Crippen LogP contribution in [0.4, 0.5) is 33.5 Å². The van der Waals surface area contributed by atoms with Crippen molar-refractivity contribution in [3.8, 4) is 11.5 Å². The Bertz CT molecular complexity index is 1460. The van der Waals surface area contributed by atoms with Crippen LogP contribution < -0.4 is 19.3 Å². The summed E-state index contributed by atoms with van der Waals surface area (Å²) >= 11 is 5.79. The normalized spacial score (nSPS) is 14.9. The van der Waals surface area contributed by atoms with E-state index in [1.165, 1.54) is 33.3 Å². The van der Waals surface area contributed by atoms with E-state index >= 15 is 0 Å². The number of hydrogen-bond acceptors (Lipinski definition) is 5. The highest BCUT2D eigenvalue weighted by Gasteiger charge is 2.47. The molecule has 2 aromatic carbocycles. The van der Waals surface area contributed by atoms with Crippen molar-refractivity contribution >= 4 is 34.9 Å². The Kier molecular flexibility index (Phi) is 6.96. The first-order valence-corrected chi connectivity index (χ1v) is 11.2. The van der Waals surface area contributed by atoms with Crippen LogP contribution in [0.3, 0.4) is 0 Å². The number of halogens is 6. The molecule has 3 aromatic rings. The maximum atomic E-state index is 14.7. The van der Waals surface area contributed by atoms with Gasteiger partial charge in [0.2, 0.25) is 0 Å². The average Bonchev–Trinajstić information content (AvgIpc) is 3.16. The first-order chi connectivity index (χ1) is 17.8. The molecule has 2 amide bonds. The van der Waals surface area contributed by atoms with Gasteiger partial charge in [0.1, 0.15) is 35.0 Å². The SMILES string of the molecule is COc1cc(OC)c2c(c1)C(=O)N(c1cc(C(F)(F)F)cc(C)n1)[C@@H]2C(=O)N(C)c1cc(Cl)c(F)cc1F. The van der Waals surface area contributed by atoms with Crippen molar-refractivity contribution < 1.29 is 41.0 Å². The summed E-state index contributed by atoms with van der Waals surface area (Å²) in [4.78, 5) is 33.1. The molecule has 0 bridgehead atoms. The van der Waals surface area contributed by atoms with E-state index in [1.807, 2.05) is 0 Å². The minimum Gasteiger partial charge on any atom is -0.497 e. The minimum atomic E-state index is -4.77. The molecular weight excluding hydrogens is 537 g/mol. The van der Waals surface area contributed by atoms with Crippen molar-refractivity contribution in [2.75, 3.05) is 31.1 Å². The Balaban J connectivity index is 1.95. The van der Waals surface area contributed by atoms with Gasteiger partial charge >= 0.3 is 6.18 Å². The van der Waals surface area contributed by atoms with Crippen molar-refractivity contribution in [1.82, 2.24) is 4.98 Å². The number of carbonyl (C=O) groups excluding carboxylic acids is 2. The third kappa shape index (κ3) is 4.60. The van der Waals surface area contributed by atoms with Crippen molar-refractivity contribution in [2.45, 2.75) is 19.1 Å². The second-order valence-electron chi connectivity index (χ2n) is 8.34. The molecule has 1 aliphatic heterocycles. The summed E-state index contributed by atoms with van der Waals surface area (Å²) in [6, 6.07) is 3.84. The second-order valence-corrected chi connectivity index (χ2v) is 8.74. The molecular formula is C25H19ClF5N3O4. The van der Waals surface area contributed by atoms with Gasteiger partial charge in [0.15, 0.2) is 0 Å². The van der Waals surface area contributed by atoms with Crippen molar-refractivity contribution in [3.05, 3.63) is 75.4 Å². The highest BCUT2D eigenvalue weighted by Crippen LogP contribution is 2.46. The molecule has 7 nitrogen and oxygen atoms in total. The summed E-state index contributed by atoms with van der Waals surface area (Å²) in [5.74, 6) is -4.29. The van der Waals surface area contributed by atoms with Crippen LogP contribution in [-0.4, -0.2) is 38.1 Å². The molecule has 0 N–H and O–H groups in total. The monoisotopic (exact) mass is 555 g/mol. The van der Waals surface area contributed by atoms with E-state index in [0.717, 1.165) is 29.0 Å². The second kappa shape index (κ2) is 9.75. The zero-order chi connectivity index (χ0) is 28.1. The summed E-state index contributed by atoms with van der Waals surface area (Å²) in [5.41, 5.74) is -1.69. The third-order valence-electron chi connectivity index (χ3n) is 5.98. The maximum Gasteiger partial charge on any atom is 0.416 e. The van der Waals surface area contributed by atoms with Gasteiger partial charge in [-0.1, -0.05) is 11.6 Å². The molecule has 0 unspecified atom stereocenters. The van der Waals surface area contributed by atoms with E-state index in [1.54, 1.807) is 0 Å². The summed E-state index contributed by atoms with van der Waals surface area (Å²) in [6.07, 6.45) is -4.77. The number of aromatic nitrogens is 1. The fourth-order valence-corrected chi connectivity index (χ4v) is 4.36. The predicted molar refractivity (Wildman–Crippen MR) is 128 cm³/mol. The predicted octanol–water partition coefficient (Wildman–Crippen LogP) is 5.72. The Morgan fingerprint density at radius 2 is 1.74 bits per heavy atom. The fourth-order valence-electron chi connectivity index (χ4n) is 4.20. The smallest absolute Gasteiger partial charge is 0.416 e. The molecule has 1 aromatic heterocycles. The van der Waals surface area contributed by atoms with E-state index in [0.29, 0.717) is 12.1 Å². The van der Waals surface area contributed by atoms with Gasteiger partial charge in [-0.3, -0.25) is 14.5 Å². The van der Waals surface area contributed by atoms with Crippen molar-refractivity contribution in [1.29, 1.82) is 0 Å². The molecule has 38 heavy (non-hydrogen) atoms. The number of methoxy groups -OCH3 is 2. The lowest BCUT2D eigenvalue weighted by Crippen LogP contribution is -2.41. The average molecular weight is 556 g/mol. The van der Waals surface area contributed by atoms with E-state index in [2.05, 4.69) is 4.98 Å². The van der Waals surface area contributed by atoms with Crippen LogP contribution in [0, 0.1) is 18.6 Å².